The molecule has 4 rings (SSSR count). The van der Waals surface area contributed by atoms with Gasteiger partial charge in [-0.25, -0.2) is 9.97 Å². The summed E-state index contributed by atoms with van der Waals surface area (Å²) in [4.78, 5) is 14.2. The maximum Gasteiger partial charge on any atom is 0.130 e. The summed E-state index contributed by atoms with van der Waals surface area (Å²) in [6, 6.07) is 1.99. The van der Waals surface area contributed by atoms with Crippen LogP contribution >= 0.6 is 0 Å². The lowest BCUT2D eigenvalue weighted by molar-refractivity contribution is 0.0673. The van der Waals surface area contributed by atoms with Crippen LogP contribution in [0.1, 0.15) is 52.3 Å². The van der Waals surface area contributed by atoms with Crippen molar-refractivity contribution in [2.24, 2.45) is 0 Å². The number of fused-ring (bicyclic) bond motifs is 3. The average molecular weight is 274 g/mol. The molecule has 3 aliphatic heterocycles. The van der Waals surface area contributed by atoms with Crippen LogP contribution in [0, 0.1) is 0 Å². The van der Waals surface area contributed by atoms with Gasteiger partial charge < -0.3 is 4.90 Å². The Balaban J connectivity index is 1.76. The standard InChI is InChI=1S/C16H26N4/c1-11(2)16-17-7-15(8-18-16)20-10-13-5-6-14(20)9-19(13)12(3)4/h7-8,11-14H,5-6,9-10H2,1-4H3. The van der Waals surface area contributed by atoms with E-state index in [0.717, 1.165) is 12.4 Å². The van der Waals surface area contributed by atoms with E-state index in [1.807, 2.05) is 12.4 Å². The smallest absolute Gasteiger partial charge is 0.130 e. The highest BCUT2D eigenvalue weighted by Crippen LogP contribution is 2.33. The first-order valence-corrected chi connectivity index (χ1v) is 7.90. The summed E-state index contributed by atoms with van der Waals surface area (Å²) >= 11 is 0. The van der Waals surface area contributed by atoms with Crippen molar-refractivity contribution >= 4 is 5.69 Å². The molecule has 2 unspecified atom stereocenters. The van der Waals surface area contributed by atoms with E-state index in [-0.39, 0.29) is 0 Å². The topological polar surface area (TPSA) is 32.3 Å². The first kappa shape index (κ1) is 13.8. The van der Waals surface area contributed by atoms with Crippen molar-refractivity contribution in [1.82, 2.24) is 14.9 Å². The fraction of sp³-hybridized carbons (Fsp3) is 0.750. The Morgan fingerprint density at radius 1 is 1.00 bits per heavy atom. The van der Waals surface area contributed by atoms with Gasteiger partial charge in [0.15, 0.2) is 0 Å². The molecule has 110 valence electrons. The summed E-state index contributed by atoms with van der Waals surface area (Å²) in [6.07, 6.45) is 6.68. The van der Waals surface area contributed by atoms with Crippen molar-refractivity contribution in [2.45, 2.75) is 64.6 Å². The Labute approximate surface area is 122 Å². The van der Waals surface area contributed by atoms with E-state index in [0.29, 0.717) is 24.0 Å². The van der Waals surface area contributed by atoms with Crippen molar-refractivity contribution in [1.29, 1.82) is 0 Å². The van der Waals surface area contributed by atoms with E-state index in [4.69, 9.17) is 0 Å². The Kier molecular flexibility index (Phi) is 3.67. The van der Waals surface area contributed by atoms with Gasteiger partial charge in [-0.1, -0.05) is 13.8 Å². The minimum absolute atomic E-state index is 0.401. The SMILES string of the molecule is CC(C)c1ncc(N2CC3CCC2CN3C(C)C)cn1. The van der Waals surface area contributed by atoms with Crippen LogP contribution in [0.15, 0.2) is 12.4 Å². The van der Waals surface area contributed by atoms with E-state index in [1.165, 1.54) is 25.1 Å². The van der Waals surface area contributed by atoms with Gasteiger partial charge >= 0.3 is 0 Å². The van der Waals surface area contributed by atoms with Gasteiger partial charge in [0.2, 0.25) is 0 Å². The molecule has 3 fully saturated rings. The molecule has 0 saturated carbocycles. The molecular formula is C16H26N4. The third-order valence-corrected chi connectivity index (χ3v) is 4.74. The summed E-state index contributed by atoms with van der Waals surface area (Å²) < 4.78 is 0. The minimum Gasteiger partial charge on any atom is -0.363 e. The molecule has 3 saturated heterocycles. The van der Waals surface area contributed by atoms with E-state index in [2.05, 4.69) is 47.5 Å². The third-order valence-electron chi connectivity index (χ3n) is 4.74. The van der Waals surface area contributed by atoms with Crippen LogP contribution < -0.4 is 4.90 Å². The fourth-order valence-corrected chi connectivity index (χ4v) is 3.59. The molecule has 4 nitrogen and oxygen atoms in total. The van der Waals surface area contributed by atoms with Crippen molar-refractivity contribution in [3.05, 3.63) is 18.2 Å². The second-order valence-electron chi connectivity index (χ2n) is 6.78. The molecule has 0 radical (unpaired) electrons. The van der Waals surface area contributed by atoms with Crippen molar-refractivity contribution in [2.75, 3.05) is 18.0 Å². The van der Waals surface area contributed by atoms with Gasteiger partial charge in [0.1, 0.15) is 5.82 Å². The first-order chi connectivity index (χ1) is 9.56. The summed E-state index contributed by atoms with van der Waals surface area (Å²) in [5.41, 5.74) is 1.20. The van der Waals surface area contributed by atoms with Gasteiger partial charge in [-0.05, 0) is 26.7 Å². The quantitative estimate of drug-likeness (QED) is 0.848. The third kappa shape index (κ3) is 2.41. The molecule has 3 aliphatic rings. The number of rotatable bonds is 3. The Bertz CT molecular complexity index is 454. The molecule has 20 heavy (non-hydrogen) atoms. The van der Waals surface area contributed by atoms with Crippen LogP contribution in [0.2, 0.25) is 0 Å². The van der Waals surface area contributed by atoms with E-state index >= 15 is 0 Å². The predicted molar refractivity (Wildman–Crippen MR) is 82.1 cm³/mol. The second-order valence-corrected chi connectivity index (χ2v) is 6.78. The van der Waals surface area contributed by atoms with Crippen LogP contribution in [0.4, 0.5) is 5.69 Å². The normalized spacial score (nSPS) is 26.8. The van der Waals surface area contributed by atoms with E-state index in [1.54, 1.807) is 0 Å². The number of hydrogen-bond donors (Lipinski definition) is 0. The zero-order valence-corrected chi connectivity index (χ0v) is 13.1. The largest absolute Gasteiger partial charge is 0.363 e. The van der Waals surface area contributed by atoms with E-state index < -0.39 is 0 Å². The molecule has 1 aromatic rings. The summed E-state index contributed by atoms with van der Waals surface area (Å²) in [7, 11) is 0. The summed E-state index contributed by atoms with van der Waals surface area (Å²) in [6.45, 7) is 11.2. The molecule has 2 atom stereocenters. The number of hydrogen-bond acceptors (Lipinski definition) is 4. The highest BCUT2D eigenvalue weighted by Gasteiger charge is 2.39. The zero-order valence-electron chi connectivity index (χ0n) is 13.1. The lowest BCUT2D eigenvalue weighted by Crippen LogP contribution is -2.64. The number of aromatic nitrogens is 2. The second kappa shape index (κ2) is 5.32. The maximum atomic E-state index is 4.52. The summed E-state index contributed by atoms with van der Waals surface area (Å²) in [5, 5.41) is 0. The lowest BCUT2D eigenvalue weighted by atomic mass is 9.89. The van der Waals surface area contributed by atoms with Crippen molar-refractivity contribution in [3.63, 3.8) is 0 Å². The zero-order chi connectivity index (χ0) is 14.3. The van der Waals surface area contributed by atoms with Crippen LogP contribution in [0.25, 0.3) is 0 Å². The molecule has 1 aromatic heterocycles. The summed E-state index contributed by atoms with van der Waals surface area (Å²) in [5.74, 6) is 1.35. The molecule has 2 bridgehead atoms. The van der Waals surface area contributed by atoms with Gasteiger partial charge in [0.25, 0.3) is 0 Å². The Hall–Kier alpha value is -1.16. The predicted octanol–water partition coefficient (Wildman–Crippen LogP) is 2.66. The Morgan fingerprint density at radius 2 is 1.65 bits per heavy atom. The van der Waals surface area contributed by atoms with Crippen LogP contribution in [-0.4, -0.2) is 46.1 Å². The average Bonchev–Trinajstić information content (AvgIpc) is 2.47. The van der Waals surface area contributed by atoms with Gasteiger partial charge in [-0.3, -0.25) is 4.90 Å². The molecular weight excluding hydrogens is 248 g/mol. The van der Waals surface area contributed by atoms with Gasteiger partial charge in [0, 0.05) is 37.1 Å². The molecule has 4 heterocycles. The number of piperazine rings is 1. The fourth-order valence-electron chi connectivity index (χ4n) is 3.59. The van der Waals surface area contributed by atoms with Crippen LogP contribution in [-0.2, 0) is 0 Å². The molecule has 0 N–H and O–H groups in total. The van der Waals surface area contributed by atoms with Crippen molar-refractivity contribution < 1.29 is 0 Å². The first-order valence-electron chi connectivity index (χ1n) is 7.90. The monoisotopic (exact) mass is 274 g/mol. The number of piperidine rings is 2. The lowest BCUT2D eigenvalue weighted by Gasteiger charge is -2.53. The highest BCUT2D eigenvalue weighted by molar-refractivity contribution is 5.45. The highest BCUT2D eigenvalue weighted by atomic mass is 15.3. The number of nitrogens with zero attached hydrogens (tertiary/aromatic N) is 4. The van der Waals surface area contributed by atoms with Crippen molar-refractivity contribution in [3.8, 4) is 0 Å². The molecule has 0 aromatic carbocycles. The molecule has 0 amide bonds. The Morgan fingerprint density at radius 3 is 2.15 bits per heavy atom. The van der Waals surface area contributed by atoms with E-state index in [9.17, 15) is 0 Å². The minimum atomic E-state index is 0.401. The molecule has 4 heteroatoms. The molecule has 0 aliphatic carbocycles. The maximum absolute atomic E-state index is 4.52. The number of anilines is 1. The van der Waals surface area contributed by atoms with Gasteiger partial charge in [-0.2, -0.15) is 0 Å². The van der Waals surface area contributed by atoms with Crippen LogP contribution in [0.5, 0.6) is 0 Å². The van der Waals surface area contributed by atoms with Crippen LogP contribution in [0.3, 0.4) is 0 Å². The van der Waals surface area contributed by atoms with Gasteiger partial charge in [0.05, 0.1) is 18.1 Å². The molecule has 0 spiro atoms. The van der Waals surface area contributed by atoms with Gasteiger partial charge in [-0.15, -0.1) is 0 Å².